The van der Waals surface area contributed by atoms with Gasteiger partial charge in [-0.25, -0.2) is 0 Å². The molecule has 0 aromatic heterocycles. The molecule has 0 saturated heterocycles. The first-order chi connectivity index (χ1) is 10.7. The van der Waals surface area contributed by atoms with E-state index >= 15 is 0 Å². The Labute approximate surface area is 131 Å². The molecule has 0 bridgehead atoms. The average Bonchev–Trinajstić information content (AvgIpc) is 2.59. The van der Waals surface area contributed by atoms with Crippen molar-refractivity contribution >= 4 is 0 Å². The van der Waals surface area contributed by atoms with E-state index in [0.717, 1.165) is 22.6 Å². The summed E-state index contributed by atoms with van der Waals surface area (Å²) in [5.41, 5.74) is 1.93. The second kappa shape index (κ2) is 7.82. The molecule has 118 valence electrons. The van der Waals surface area contributed by atoms with Crippen molar-refractivity contribution in [2.45, 2.75) is 25.6 Å². The molecule has 0 aliphatic heterocycles. The van der Waals surface area contributed by atoms with Crippen LogP contribution in [-0.4, -0.2) is 25.4 Å². The van der Waals surface area contributed by atoms with Crippen molar-refractivity contribution < 1.29 is 14.6 Å². The summed E-state index contributed by atoms with van der Waals surface area (Å²) in [6.45, 7) is 2.58. The highest BCUT2D eigenvalue weighted by molar-refractivity contribution is 5.40. The van der Waals surface area contributed by atoms with Crippen molar-refractivity contribution in [1.29, 1.82) is 0 Å². The van der Waals surface area contributed by atoms with Crippen molar-refractivity contribution in [3.63, 3.8) is 0 Å². The normalized spacial score (nSPS) is 13.5. The van der Waals surface area contributed by atoms with Crippen LogP contribution in [0.25, 0.3) is 0 Å². The lowest BCUT2D eigenvalue weighted by molar-refractivity contribution is 0.135. The monoisotopic (exact) mass is 301 g/mol. The Balaban J connectivity index is 2.00. The molecule has 0 amide bonds. The number of rotatable bonds is 7. The third kappa shape index (κ3) is 4.00. The van der Waals surface area contributed by atoms with Gasteiger partial charge in [-0.2, -0.15) is 0 Å². The highest BCUT2D eigenvalue weighted by Gasteiger charge is 2.16. The predicted molar refractivity (Wildman–Crippen MR) is 87.2 cm³/mol. The molecule has 0 heterocycles. The van der Waals surface area contributed by atoms with Crippen LogP contribution >= 0.6 is 0 Å². The van der Waals surface area contributed by atoms with Crippen molar-refractivity contribution in [3.8, 4) is 11.5 Å². The van der Waals surface area contributed by atoms with E-state index in [4.69, 9.17) is 9.47 Å². The molecule has 4 nitrogen and oxygen atoms in total. The van der Waals surface area contributed by atoms with Gasteiger partial charge in [0.2, 0.25) is 0 Å². The highest BCUT2D eigenvalue weighted by Crippen LogP contribution is 2.25. The van der Waals surface area contributed by atoms with E-state index in [1.54, 1.807) is 14.2 Å². The van der Waals surface area contributed by atoms with Crippen molar-refractivity contribution in [3.05, 3.63) is 59.7 Å². The Hall–Kier alpha value is -2.04. The number of aliphatic hydroxyl groups is 1. The molecule has 0 unspecified atom stereocenters. The zero-order valence-corrected chi connectivity index (χ0v) is 13.2. The van der Waals surface area contributed by atoms with E-state index in [-0.39, 0.29) is 6.04 Å². The first-order valence-electron chi connectivity index (χ1n) is 7.33. The number of methoxy groups -OCH3 is 2. The third-order valence-corrected chi connectivity index (χ3v) is 3.72. The summed E-state index contributed by atoms with van der Waals surface area (Å²) in [6, 6.07) is 15.3. The first kappa shape index (κ1) is 16.3. The molecule has 0 radical (unpaired) electrons. The number of nitrogens with one attached hydrogen (secondary N) is 1. The molecule has 2 aromatic carbocycles. The Morgan fingerprint density at radius 1 is 1.05 bits per heavy atom. The van der Waals surface area contributed by atoms with Crippen LogP contribution in [0, 0.1) is 0 Å². The fourth-order valence-corrected chi connectivity index (χ4v) is 2.32. The minimum atomic E-state index is -0.551. The molecule has 2 atom stereocenters. The van der Waals surface area contributed by atoms with Crippen LogP contribution in [0.3, 0.4) is 0 Å². The minimum Gasteiger partial charge on any atom is -0.497 e. The summed E-state index contributed by atoms with van der Waals surface area (Å²) in [4.78, 5) is 0. The zero-order valence-electron chi connectivity index (χ0n) is 13.2. The summed E-state index contributed by atoms with van der Waals surface area (Å²) < 4.78 is 10.6. The second-order valence-electron chi connectivity index (χ2n) is 5.20. The van der Waals surface area contributed by atoms with Gasteiger partial charge in [-0.3, -0.25) is 0 Å². The summed E-state index contributed by atoms with van der Waals surface area (Å²) >= 11 is 0. The minimum absolute atomic E-state index is 0.0748. The van der Waals surface area contributed by atoms with Gasteiger partial charge in [0.05, 0.1) is 20.3 Å². The lowest BCUT2D eigenvalue weighted by Gasteiger charge is -2.21. The van der Waals surface area contributed by atoms with Crippen LogP contribution in [0.5, 0.6) is 11.5 Å². The summed E-state index contributed by atoms with van der Waals surface area (Å²) in [7, 11) is 3.27. The Morgan fingerprint density at radius 2 is 1.77 bits per heavy atom. The van der Waals surface area contributed by atoms with E-state index in [2.05, 4.69) is 5.32 Å². The molecule has 2 rings (SSSR count). The molecule has 0 saturated carbocycles. The fraction of sp³-hybridized carbons (Fsp3) is 0.333. The molecular weight excluding hydrogens is 278 g/mol. The van der Waals surface area contributed by atoms with Gasteiger partial charge in [0.1, 0.15) is 11.5 Å². The molecule has 2 aromatic rings. The number of hydrogen-bond donors (Lipinski definition) is 2. The Morgan fingerprint density at radius 3 is 2.41 bits per heavy atom. The topological polar surface area (TPSA) is 50.7 Å². The van der Waals surface area contributed by atoms with Gasteiger partial charge < -0.3 is 19.9 Å². The molecule has 0 aliphatic carbocycles. The van der Waals surface area contributed by atoms with Crippen LogP contribution in [0.2, 0.25) is 0 Å². The molecule has 0 aliphatic rings. The van der Waals surface area contributed by atoms with Gasteiger partial charge in [-0.15, -0.1) is 0 Å². The van der Waals surface area contributed by atoms with Gasteiger partial charge in [-0.05, 0) is 18.6 Å². The van der Waals surface area contributed by atoms with Gasteiger partial charge in [0, 0.05) is 24.2 Å². The molecule has 0 fully saturated rings. The quantitative estimate of drug-likeness (QED) is 0.825. The lowest BCUT2D eigenvalue weighted by atomic mass is 10.0. The lowest BCUT2D eigenvalue weighted by Crippen LogP contribution is -2.31. The fourth-order valence-electron chi connectivity index (χ4n) is 2.32. The standard InChI is InChI=1S/C18H23NO3/c1-13(18(20)14-7-5-4-6-8-14)19-12-15-9-10-16(21-2)11-17(15)22-3/h4-11,13,18-20H,12H2,1-3H3/t13-,18+/m0/s1. The number of hydrogen-bond acceptors (Lipinski definition) is 4. The Bertz CT molecular complexity index is 586. The number of aliphatic hydroxyl groups excluding tert-OH is 1. The summed E-state index contributed by atoms with van der Waals surface area (Å²) in [5, 5.41) is 13.7. The molecule has 0 spiro atoms. The first-order valence-corrected chi connectivity index (χ1v) is 7.33. The Kier molecular flexibility index (Phi) is 5.81. The second-order valence-corrected chi connectivity index (χ2v) is 5.20. The summed E-state index contributed by atoms with van der Waals surface area (Å²) in [6.07, 6.45) is -0.551. The molecule has 2 N–H and O–H groups in total. The van der Waals surface area contributed by atoms with Crippen LogP contribution < -0.4 is 14.8 Å². The van der Waals surface area contributed by atoms with E-state index in [0.29, 0.717) is 6.54 Å². The van der Waals surface area contributed by atoms with E-state index in [1.165, 1.54) is 0 Å². The predicted octanol–water partition coefficient (Wildman–Crippen LogP) is 2.92. The van der Waals surface area contributed by atoms with Crippen LogP contribution in [0.4, 0.5) is 0 Å². The zero-order chi connectivity index (χ0) is 15.9. The van der Waals surface area contributed by atoms with Gasteiger partial charge >= 0.3 is 0 Å². The van der Waals surface area contributed by atoms with Gasteiger partial charge in [0.15, 0.2) is 0 Å². The van der Waals surface area contributed by atoms with Gasteiger partial charge in [-0.1, -0.05) is 36.4 Å². The smallest absolute Gasteiger partial charge is 0.127 e. The maximum absolute atomic E-state index is 10.4. The molecular formula is C18H23NO3. The number of ether oxygens (including phenoxy) is 2. The average molecular weight is 301 g/mol. The summed E-state index contributed by atoms with van der Waals surface area (Å²) in [5.74, 6) is 1.53. The van der Waals surface area contributed by atoms with Crippen molar-refractivity contribution in [2.75, 3.05) is 14.2 Å². The highest BCUT2D eigenvalue weighted by atomic mass is 16.5. The van der Waals surface area contributed by atoms with E-state index in [1.807, 2.05) is 55.5 Å². The molecule has 4 heteroatoms. The third-order valence-electron chi connectivity index (χ3n) is 3.72. The van der Waals surface area contributed by atoms with Crippen LogP contribution in [-0.2, 0) is 6.54 Å². The maximum atomic E-state index is 10.4. The van der Waals surface area contributed by atoms with Crippen LogP contribution in [0.15, 0.2) is 48.5 Å². The van der Waals surface area contributed by atoms with Crippen molar-refractivity contribution in [1.82, 2.24) is 5.32 Å². The molecule has 22 heavy (non-hydrogen) atoms. The van der Waals surface area contributed by atoms with E-state index < -0.39 is 6.10 Å². The largest absolute Gasteiger partial charge is 0.497 e. The maximum Gasteiger partial charge on any atom is 0.127 e. The van der Waals surface area contributed by atoms with Crippen LogP contribution in [0.1, 0.15) is 24.2 Å². The SMILES string of the molecule is COc1ccc(CN[C@@H](C)[C@@H](O)c2ccccc2)c(OC)c1. The van der Waals surface area contributed by atoms with E-state index in [9.17, 15) is 5.11 Å². The number of benzene rings is 2. The van der Waals surface area contributed by atoms with Crippen molar-refractivity contribution in [2.24, 2.45) is 0 Å². The van der Waals surface area contributed by atoms with Gasteiger partial charge in [0.25, 0.3) is 0 Å².